The molecule has 1 aromatic rings. The van der Waals surface area contributed by atoms with E-state index in [0.29, 0.717) is 19.5 Å². The molecule has 0 spiro atoms. The number of fused-ring (bicyclic) bond motifs is 1. The van der Waals surface area contributed by atoms with Gasteiger partial charge in [0.05, 0.1) is 5.41 Å². The Morgan fingerprint density at radius 2 is 2.04 bits per heavy atom. The van der Waals surface area contributed by atoms with E-state index in [0.717, 1.165) is 18.4 Å². The first-order valence-corrected chi connectivity index (χ1v) is 8.77. The van der Waals surface area contributed by atoms with E-state index in [9.17, 15) is 19.1 Å². The van der Waals surface area contributed by atoms with Crippen molar-refractivity contribution < 1.29 is 19.1 Å². The largest absolute Gasteiger partial charge is 0.481 e. The van der Waals surface area contributed by atoms with E-state index in [-0.39, 0.29) is 29.7 Å². The lowest BCUT2D eigenvalue weighted by molar-refractivity contribution is -0.149. The second-order valence-corrected chi connectivity index (χ2v) is 7.98. The first-order chi connectivity index (χ1) is 11.7. The lowest BCUT2D eigenvalue weighted by atomic mass is 9.81. The molecule has 3 rings (SSSR count). The fraction of sp³-hybridized carbons (Fsp3) is 0.579. The Morgan fingerprint density at radius 3 is 2.64 bits per heavy atom. The lowest BCUT2D eigenvalue weighted by Crippen LogP contribution is -2.45. The van der Waals surface area contributed by atoms with E-state index in [1.54, 1.807) is 17.0 Å². The minimum Gasteiger partial charge on any atom is -0.481 e. The van der Waals surface area contributed by atoms with Crippen molar-refractivity contribution >= 4 is 12.0 Å². The summed E-state index contributed by atoms with van der Waals surface area (Å²) in [6.07, 6.45) is 2.44. The molecule has 0 aromatic heterocycles. The Hall–Kier alpha value is -2.11. The maximum absolute atomic E-state index is 13.1. The molecule has 1 saturated heterocycles. The summed E-state index contributed by atoms with van der Waals surface area (Å²) in [5.74, 6) is -1.01. The molecule has 1 heterocycles. The van der Waals surface area contributed by atoms with Gasteiger partial charge in [0.2, 0.25) is 0 Å². The van der Waals surface area contributed by atoms with E-state index in [4.69, 9.17) is 0 Å². The number of nitrogens with zero attached hydrogens (tertiary/aromatic N) is 1. The lowest BCUT2D eigenvalue weighted by Gasteiger charge is -2.28. The molecule has 2 N–H and O–H groups in total. The summed E-state index contributed by atoms with van der Waals surface area (Å²) < 4.78 is 13.1. The summed E-state index contributed by atoms with van der Waals surface area (Å²) in [6.45, 7) is 5.17. The van der Waals surface area contributed by atoms with Gasteiger partial charge in [0.1, 0.15) is 5.82 Å². The van der Waals surface area contributed by atoms with Crippen LogP contribution in [-0.2, 0) is 10.2 Å². The fourth-order valence-corrected chi connectivity index (χ4v) is 4.21. The fourth-order valence-electron chi connectivity index (χ4n) is 4.21. The molecule has 0 radical (unpaired) electrons. The molecule has 2 fully saturated rings. The number of halogens is 1. The van der Waals surface area contributed by atoms with Crippen LogP contribution in [0, 0.1) is 17.2 Å². The van der Waals surface area contributed by atoms with Crippen LogP contribution >= 0.6 is 0 Å². The van der Waals surface area contributed by atoms with Crippen LogP contribution in [0.1, 0.15) is 38.7 Å². The average molecular weight is 348 g/mol. The zero-order chi connectivity index (χ0) is 18.2. The average Bonchev–Trinajstić information content (AvgIpc) is 3.11. The molecule has 25 heavy (non-hydrogen) atoms. The van der Waals surface area contributed by atoms with Crippen LogP contribution in [0.4, 0.5) is 9.18 Å². The summed E-state index contributed by atoms with van der Waals surface area (Å²) >= 11 is 0. The minimum atomic E-state index is -0.781. The van der Waals surface area contributed by atoms with Gasteiger partial charge < -0.3 is 15.3 Å². The number of rotatable bonds is 4. The van der Waals surface area contributed by atoms with Crippen LogP contribution < -0.4 is 5.32 Å². The standard InChI is InChI=1S/C19H25FN2O3/c1-18(2,13-5-7-15(20)8-6-13)11-21-17(25)22-10-14-4-3-9-19(14,12-22)16(23)24/h5-8,14H,3-4,9-12H2,1-2H3,(H,21,25)(H,23,24)/t14-,19+/m0/s1. The summed E-state index contributed by atoms with van der Waals surface area (Å²) in [7, 11) is 0. The number of hydrogen-bond acceptors (Lipinski definition) is 2. The number of likely N-dealkylation sites (tertiary alicyclic amines) is 1. The van der Waals surface area contributed by atoms with Crippen molar-refractivity contribution in [2.24, 2.45) is 11.3 Å². The first-order valence-electron chi connectivity index (χ1n) is 8.77. The van der Waals surface area contributed by atoms with Gasteiger partial charge in [-0.2, -0.15) is 0 Å². The molecule has 5 nitrogen and oxygen atoms in total. The van der Waals surface area contributed by atoms with Gasteiger partial charge in [0.15, 0.2) is 0 Å². The maximum atomic E-state index is 13.1. The van der Waals surface area contributed by atoms with Crippen molar-refractivity contribution in [3.63, 3.8) is 0 Å². The number of carboxylic acids is 1. The first kappa shape index (κ1) is 17.7. The molecule has 136 valence electrons. The third kappa shape index (κ3) is 3.22. The highest BCUT2D eigenvalue weighted by molar-refractivity contribution is 5.80. The molecule has 1 aromatic carbocycles. The van der Waals surface area contributed by atoms with Crippen LogP contribution in [0.15, 0.2) is 24.3 Å². The normalized spacial score (nSPS) is 25.7. The Kier molecular flexibility index (Phi) is 4.47. The van der Waals surface area contributed by atoms with Crippen LogP contribution in [0.25, 0.3) is 0 Å². The van der Waals surface area contributed by atoms with E-state index >= 15 is 0 Å². The van der Waals surface area contributed by atoms with Gasteiger partial charge in [-0.3, -0.25) is 4.79 Å². The topological polar surface area (TPSA) is 69.6 Å². The van der Waals surface area contributed by atoms with Gasteiger partial charge in [-0.1, -0.05) is 32.4 Å². The number of carbonyl (C=O) groups excluding carboxylic acids is 1. The van der Waals surface area contributed by atoms with Crippen molar-refractivity contribution in [1.82, 2.24) is 10.2 Å². The Labute approximate surface area is 147 Å². The number of carbonyl (C=O) groups is 2. The van der Waals surface area contributed by atoms with E-state index in [1.165, 1.54) is 12.1 Å². The van der Waals surface area contributed by atoms with Crippen molar-refractivity contribution in [2.45, 2.75) is 38.5 Å². The van der Waals surface area contributed by atoms with E-state index < -0.39 is 11.4 Å². The molecule has 1 aliphatic heterocycles. The van der Waals surface area contributed by atoms with Gasteiger partial charge in [-0.15, -0.1) is 0 Å². The van der Waals surface area contributed by atoms with Crippen molar-refractivity contribution in [3.05, 3.63) is 35.6 Å². The Balaban J connectivity index is 1.62. The highest BCUT2D eigenvalue weighted by Gasteiger charge is 2.55. The zero-order valence-electron chi connectivity index (χ0n) is 14.7. The molecule has 1 aliphatic carbocycles. The molecular formula is C19H25FN2O3. The number of benzene rings is 1. The molecule has 0 unspecified atom stereocenters. The molecule has 6 heteroatoms. The second-order valence-electron chi connectivity index (χ2n) is 7.98. The van der Waals surface area contributed by atoms with Crippen LogP contribution in [0.5, 0.6) is 0 Å². The van der Waals surface area contributed by atoms with Gasteiger partial charge >= 0.3 is 12.0 Å². The minimum absolute atomic E-state index is 0.0564. The van der Waals surface area contributed by atoms with Gasteiger partial charge in [0, 0.05) is 25.0 Å². The predicted octanol–water partition coefficient (Wildman–Crippen LogP) is 3.00. The number of urea groups is 1. The van der Waals surface area contributed by atoms with E-state index in [1.807, 2.05) is 13.8 Å². The molecule has 2 amide bonds. The van der Waals surface area contributed by atoms with Gasteiger partial charge in [-0.05, 0) is 36.5 Å². The second kappa shape index (κ2) is 6.32. The molecule has 0 bridgehead atoms. The molecular weight excluding hydrogens is 323 g/mol. The zero-order valence-corrected chi connectivity index (χ0v) is 14.7. The Bertz CT molecular complexity index is 674. The molecule has 2 aliphatic rings. The smallest absolute Gasteiger partial charge is 0.317 e. The van der Waals surface area contributed by atoms with Crippen LogP contribution in [0.2, 0.25) is 0 Å². The maximum Gasteiger partial charge on any atom is 0.317 e. The van der Waals surface area contributed by atoms with Gasteiger partial charge in [-0.25, -0.2) is 9.18 Å². The number of aliphatic carboxylic acids is 1. The number of hydrogen-bond donors (Lipinski definition) is 2. The number of nitrogens with one attached hydrogen (secondary N) is 1. The van der Waals surface area contributed by atoms with Crippen molar-refractivity contribution in [1.29, 1.82) is 0 Å². The summed E-state index contributed by atoms with van der Waals surface area (Å²) in [5, 5.41) is 12.5. The summed E-state index contributed by atoms with van der Waals surface area (Å²) in [5.41, 5.74) is -0.165. The molecule has 1 saturated carbocycles. The third-order valence-electron chi connectivity index (χ3n) is 5.89. The summed E-state index contributed by atoms with van der Waals surface area (Å²) in [6, 6.07) is 6.06. The van der Waals surface area contributed by atoms with Gasteiger partial charge in [0.25, 0.3) is 0 Å². The SMILES string of the molecule is CC(C)(CNC(=O)N1C[C@@H]2CCC[C@@]2(C(=O)O)C1)c1ccc(F)cc1. The summed E-state index contributed by atoms with van der Waals surface area (Å²) in [4.78, 5) is 25.9. The predicted molar refractivity (Wildman–Crippen MR) is 91.8 cm³/mol. The monoisotopic (exact) mass is 348 g/mol. The van der Waals surface area contributed by atoms with Crippen molar-refractivity contribution in [2.75, 3.05) is 19.6 Å². The van der Waals surface area contributed by atoms with E-state index in [2.05, 4.69) is 5.32 Å². The quantitative estimate of drug-likeness (QED) is 0.879. The third-order valence-corrected chi connectivity index (χ3v) is 5.89. The highest BCUT2D eigenvalue weighted by Crippen LogP contribution is 2.48. The highest BCUT2D eigenvalue weighted by atomic mass is 19.1. The van der Waals surface area contributed by atoms with Crippen molar-refractivity contribution in [3.8, 4) is 0 Å². The molecule has 2 atom stereocenters. The Morgan fingerprint density at radius 1 is 1.36 bits per heavy atom. The number of carboxylic acid groups (broad SMARTS) is 1. The number of amides is 2. The van der Waals surface area contributed by atoms with Crippen LogP contribution in [0.3, 0.4) is 0 Å². The van der Waals surface area contributed by atoms with Crippen LogP contribution in [-0.4, -0.2) is 41.6 Å².